The molecule has 0 spiro atoms. The average Bonchev–Trinajstić information content (AvgIpc) is 3.32. The molecule has 4 aromatic rings. The molecule has 9 heteroatoms. The smallest absolute Gasteiger partial charge is 0.270 e. The number of carbonyl (C=O) groups excluding carboxylic acids is 1. The number of benzene rings is 1. The van der Waals surface area contributed by atoms with Crippen molar-refractivity contribution in [3.8, 4) is 11.6 Å². The van der Waals surface area contributed by atoms with E-state index in [0.29, 0.717) is 30.2 Å². The lowest BCUT2D eigenvalue weighted by atomic mass is 10.1. The molecule has 0 saturated heterocycles. The molecule has 0 aliphatic carbocycles. The lowest BCUT2D eigenvalue weighted by Crippen LogP contribution is -2.27. The normalized spacial score (nSPS) is 11.0. The third-order valence-corrected chi connectivity index (χ3v) is 3.94. The summed E-state index contributed by atoms with van der Waals surface area (Å²) < 4.78 is 19.5. The van der Waals surface area contributed by atoms with Gasteiger partial charge in [-0.2, -0.15) is 4.52 Å². The van der Waals surface area contributed by atoms with Crippen molar-refractivity contribution < 1.29 is 13.6 Å². The van der Waals surface area contributed by atoms with Crippen molar-refractivity contribution in [3.63, 3.8) is 0 Å². The first-order chi connectivity index (χ1) is 13.1. The molecule has 1 amide bonds. The van der Waals surface area contributed by atoms with Gasteiger partial charge >= 0.3 is 0 Å². The third-order valence-electron chi connectivity index (χ3n) is 3.94. The SMILES string of the molecule is Nc1nc(C(=O)NCCc2ccc(F)cc2)cc2nc(-c3ccco3)nn12. The zero-order valence-corrected chi connectivity index (χ0v) is 14.1. The van der Waals surface area contributed by atoms with Gasteiger partial charge in [0, 0.05) is 12.6 Å². The number of nitrogens with zero attached hydrogens (tertiary/aromatic N) is 4. The van der Waals surface area contributed by atoms with Gasteiger partial charge < -0.3 is 15.5 Å². The summed E-state index contributed by atoms with van der Waals surface area (Å²) in [5.74, 6) is 0.208. The minimum absolute atomic E-state index is 0.0430. The Kier molecular flexibility index (Phi) is 4.25. The molecule has 136 valence electrons. The standard InChI is InChI=1S/C18H15FN6O2/c19-12-5-3-11(4-6-12)7-8-21-17(26)13-10-15-23-16(14-2-1-9-27-14)24-25(15)18(20)22-13/h1-6,9-10H,7-8H2,(H2,20,22)(H,21,26). The van der Waals surface area contributed by atoms with Gasteiger partial charge in [-0.05, 0) is 36.2 Å². The monoisotopic (exact) mass is 366 g/mol. The summed E-state index contributed by atoms with van der Waals surface area (Å²) in [5, 5.41) is 6.99. The van der Waals surface area contributed by atoms with E-state index in [-0.39, 0.29) is 23.4 Å². The molecular formula is C18H15FN6O2. The van der Waals surface area contributed by atoms with Crippen LogP contribution in [0.5, 0.6) is 0 Å². The first-order valence-electron chi connectivity index (χ1n) is 8.20. The number of halogens is 1. The predicted octanol–water partition coefficient (Wildman–Crippen LogP) is 2.08. The van der Waals surface area contributed by atoms with Crippen molar-refractivity contribution in [2.75, 3.05) is 12.3 Å². The van der Waals surface area contributed by atoms with E-state index >= 15 is 0 Å². The molecule has 3 aromatic heterocycles. The van der Waals surface area contributed by atoms with E-state index in [2.05, 4.69) is 20.4 Å². The molecule has 27 heavy (non-hydrogen) atoms. The summed E-state index contributed by atoms with van der Waals surface area (Å²) >= 11 is 0. The molecule has 1 aromatic carbocycles. The van der Waals surface area contributed by atoms with Crippen LogP contribution in [0.4, 0.5) is 10.3 Å². The minimum Gasteiger partial charge on any atom is -0.461 e. The molecule has 3 heterocycles. The molecule has 0 aliphatic rings. The second-order valence-electron chi connectivity index (χ2n) is 5.81. The number of rotatable bonds is 5. The maximum Gasteiger partial charge on any atom is 0.270 e. The number of aromatic nitrogens is 4. The molecule has 0 radical (unpaired) electrons. The van der Waals surface area contributed by atoms with Gasteiger partial charge in [-0.25, -0.2) is 14.4 Å². The fourth-order valence-electron chi connectivity index (χ4n) is 2.60. The number of hydrogen-bond donors (Lipinski definition) is 2. The van der Waals surface area contributed by atoms with Crippen LogP contribution in [0, 0.1) is 5.82 Å². The van der Waals surface area contributed by atoms with Gasteiger partial charge in [0.15, 0.2) is 11.4 Å². The summed E-state index contributed by atoms with van der Waals surface area (Å²) in [4.78, 5) is 20.8. The van der Waals surface area contributed by atoms with Crippen LogP contribution in [0.2, 0.25) is 0 Å². The first-order valence-corrected chi connectivity index (χ1v) is 8.20. The summed E-state index contributed by atoms with van der Waals surface area (Å²) in [6.07, 6.45) is 2.08. The van der Waals surface area contributed by atoms with Gasteiger partial charge in [0.05, 0.1) is 6.26 Å². The molecule has 0 atom stereocenters. The number of fused-ring (bicyclic) bond motifs is 1. The highest BCUT2D eigenvalue weighted by molar-refractivity contribution is 5.93. The van der Waals surface area contributed by atoms with Crippen LogP contribution in [-0.4, -0.2) is 32.0 Å². The lowest BCUT2D eigenvalue weighted by molar-refractivity contribution is 0.0949. The number of anilines is 1. The highest BCUT2D eigenvalue weighted by atomic mass is 19.1. The van der Waals surface area contributed by atoms with Crippen molar-refractivity contribution in [2.24, 2.45) is 0 Å². The number of furan rings is 1. The van der Waals surface area contributed by atoms with Crippen molar-refractivity contribution in [2.45, 2.75) is 6.42 Å². The largest absolute Gasteiger partial charge is 0.461 e. The van der Waals surface area contributed by atoms with E-state index in [1.807, 2.05) is 0 Å². The van der Waals surface area contributed by atoms with E-state index < -0.39 is 0 Å². The molecule has 0 fully saturated rings. The van der Waals surface area contributed by atoms with Gasteiger partial charge in [-0.1, -0.05) is 12.1 Å². The van der Waals surface area contributed by atoms with Crippen molar-refractivity contribution >= 4 is 17.5 Å². The maximum atomic E-state index is 12.9. The number of amides is 1. The highest BCUT2D eigenvalue weighted by Gasteiger charge is 2.15. The fraction of sp³-hybridized carbons (Fsp3) is 0.111. The minimum atomic E-state index is -0.381. The summed E-state index contributed by atoms with van der Waals surface area (Å²) in [6, 6.07) is 11.1. The molecule has 0 unspecified atom stereocenters. The van der Waals surface area contributed by atoms with E-state index in [9.17, 15) is 9.18 Å². The maximum absolute atomic E-state index is 12.9. The van der Waals surface area contributed by atoms with Crippen LogP contribution >= 0.6 is 0 Å². The Morgan fingerprint density at radius 2 is 2.04 bits per heavy atom. The molecule has 0 aliphatic heterocycles. The Morgan fingerprint density at radius 3 is 2.78 bits per heavy atom. The number of nitrogens with two attached hydrogens (primary N) is 1. The van der Waals surface area contributed by atoms with Crippen molar-refractivity contribution in [1.82, 2.24) is 24.9 Å². The zero-order valence-electron chi connectivity index (χ0n) is 14.1. The van der Waals surface area contributed by atoms with Crippen LogP contribution < -0.4 is 11.1 Å². The Hall–Kier alpha value is -3.75. The van der Waals surface area contributed by atoms with Crippen LogP contribution in [0.3, 0.4) is 0 Å². The summed E-state index contributed by atoms with van der Waals surface area (Å²) in [7, 11) is 0. The Bertz CT molecular complexity index is 1090. The number of nitrogen functional groups attached to an aromatic ring is 1. The molecule has 0 bridgehead atoms. The number of carbonyl (C=O) groups is 1. The lowest BCUT2D eigenvalue weighted by Gasteiger charge is -2.06. The van der Waals surface area contributed by atoms with E-state index in [1.165, 1.54) is 29.0 Å². The molecule has 0 saturated carbocycles. The van der Waals surface area contributed by atoms with Crippen molar-refractivity contribution in [3.05, 3.63) is 65.8 Å². The summed E-state index contributed by atoms with van der Waals surface area (Å²) in [5.41, 5.74) is 7.34. The second kappa shape index (κ2) is 6.87. The quantitative estimate of drug-likeness (QED) is 0.559. The molecule has 3 N–H and O–H groups in total. The molecule has 4 rings (SSSR count). The van der Waals surface area contributed by atoms with Crippen LogP contribution in [0.1, 0.15) is 16.1 Å². The first kappa shape index (κ1) is 16.7. The van der Waals surface area contributed by atoms with Crippen LogP contribution in [0.25, 0.3) is 17.2 Å². The predicted molar refractivity (Wildman–Crippen MR) is 95.3 cm³/mol. The van der Waals surface area contributed by atoms with Crippen LogP contribution in [-0.2, 0) is 6.42 Å². The van der Waals surface area contributed by atoms with Gasteiger partial charge in [0.25, 0.3) is 5.91 Å². The highest BCUT2D eigenvalue weighted by Crippen LogP contribution is 2.18. The fourth-order valence-corrected chi connectivity index (χ4v) is 2.60. The Labute approximate surface area is 152 Å². The molecule has 8 nitrogen and oxygen atoms in total. The van der Waals surface area contributed by atoms with E-state index in [1.54, 1.807) is 24.3 Å². The second-order valence-corrected chi connectivity index (χ2v) is 5.81. The van der Waals surface area contributed by atoms with Gasteiger partial charge in [0.2, 0.25) is 11.8 Å². The van der Waals surface area contributed by atoms with E-state index in [4.69, 9.17) is 10.2 Å². The molecular weight excluding hydrogens is 351 g/mol. The van der Waals surface area contributed by atoms with Gasteiger partial charge in [-0.3, -0.25) is 4.79 Å². The van der Waals surface area contributed by atoms with Crippen LogP contribution in [0.15, 0.2) is 53.1 Å². The van der Waals surface area contributed by atoms with E-state index in [0.717, 1.165) is 5.56 Å². The third kappa shape index (κ3) is 3.47. The number of nitrogens with one attached hydrogen (secondary N) is 1. The Morgan fingerprint density at radius 1 is 1.22 bits per heavy atom. The van der Waals surface area contributed by atoms with Gasteiger partial charge in [-0.15, -0.1) is 5.10 Å². The van der Waals surface area contributed by atoms with Gasteiger partial charge in [0.1, 0.15) is 11.5 Å². The Balaban J connectivity index is 1.49. The topological polar surface area (TPSA) is 111 Å². The summed E-state index contributed by atoms with van der Waals surface area (Å²) in [6.45, 7) is 0.377. The average molecular weight is 366 g/mol. The van der Waals surface area contributed by atoms with Crippen molar-refractivity contribution in [1.29, 1.82) is 0 Å². The zero-order chi connectivity index (χ0) is 18.8. The number of hydrogen-bond acceptors (Lipinski definition) is 6.